The van der Waals surface area contributed by atoms with E-state index >= 15 is 0 Å². The van der Waals surface area contributed by atoms with Gasteiger partial charge in [-0.3, -0.25) is 4.79 Å². The molecule has 0 aliphatic rings. The Labute approximate surface area is 123 Å². The van der Waals surface area contributed by atoms with E-state index in [1.807, 2.05) is 32.0 Å². The zero-order chi connectivity index (χ0) is 15.2. The molecule has 0 radical (unpaired) electrons. The molecular weight excluding hydrogens is 268 g/mol. The standard InChI is InChI=1S/C16H20N2O3/c1-12(2)11-18-9-8-17-15(16(18)20)21-14-6-4-3-5-13(14)7-10-19/h3-6,8-9,12,19H,7,10-11H2,1-2H3. The highest BCUT2D eigenvalue weighted by Gasteiger charge is 2.10. The van der Waals surface area contributed by atoms with E-state index in [2.05, 4.69) is 4.98 Å². The second-order valence-electron chi connectivity index (χ2n) is 5.27. The Morgan fingerprint density at radius 3 is 2.81 bits per heavy atom. The molecule has 0 atom stereocenters. The van der Waals surface area contributed by atoms with Gasteiger partial charge in [0, 0.05) is 25.5 Å². The summed E-state index contributed by atoms with van der Waals surface area (Å²) in [6.45, 7) is 4.74. The molecule has 0 spiro atoms. The Morgan fingerprint density at radius 2 is 2.10 bits per heavy atom. The zero-order valence-electron chi connectivity index (χ0n) is 12.3. The number of rotatable bonds is 6. The molecule has 2 rings (SSSR count). The van der Waals surface area contributed by atoms with E-state index < -0.39 is 0 Å². The van der Waals surface area contributed by atoms with Gasteiger partial charge in [0.25, 0.3) is 5.88 Å². The molecule has 0 saturated carbocycles. The number of benzene rings is 1. The van der Waals surface area contributed by atoms with Gasteiger partial charge in [0.15, 0.2) is 0 Å². The van der Waals surface area contributed by atoms with E-state index in [4.69, 9.17) is 9.84 Å². The fraction of sp³-hybridized carbons (Fsp3) is 0.375. The molecule has 1 aromatic carbocycles. The fourth-order valence-electron chi connectivity index (χ4n) is 2.07. The molecule has 5 heteroatoms. The maximum Gasteiger partial charge on any atom is 0.313 e. The van der Waals surface area contributed by atoms with Gasteiger partial charge in [-0.2, -0.15) is 0 Å². The fourth-order valence-corrected chi connectivity index (χ4v) is 2.07. The molecule has 0 unspecified atom stereocenters. The van der Waals surface area contributed by atoms with E-state index in [-0.39, 0.29) is 18.0 Å². The number of aliphatic hydroxyl groups excluding tert-OH is 1. The quantitative estimate of drug-likeness (QED) is 0.885. The molecule has 0 bridgehead atoms. The second kappa shape index (κ2) is 7.04. The lowest BCUT2D eigenvalue weighted by Crippen LogP contribution is -2.23. The van der Waals surface area contributed by atoms with Crippen molar-refractivity contribution in [2.45, 2.75) is 26.8 Å². The van der Waals surface area contributed by atoms with Crippen molar-refractivity contribution in [2.24, 2.45) is 5.92 Å². The van der Waals surface area contributed by atoms with Crippen molar-refractivity contribution in [2.75, 3.05) is 6.61 Å². The summed E-state index contributed by atoms with van der Waals surface area (Å²) < 4.78 is 7.26. The number of aromatic nitrogens is 2. The van der Waals surface area contributed by atoms with Gasteiger partial charge in [0.1, 0.15) is 5.75 Å². The monoisotopic (exact) mass is 288 g/mol. The minimum absolute atomic E-state index is 0.0279. The van der Waals surface area contributed by atoms with Crippen molar-refractivity contribution in [1.29, 1.82) is 0 Å². The summed E-state index contributed by atoms with van der Waals surface area (Å²) in [4.78, 5) is 16.3. The lowest BCUT2D eigenvalue weighted by Gasteiger charge is -2.12. The van der Waals surface area contributed by atoms with Crippen LogP contribution in [0.15, 0.2) is 41.5 Å². The topological polar surface area (TPSA) is 64.3 Å². The molecule has 112 valence electrons. The highest BCUT2D eigenvalue weighted by Crippen LogP contribution is 2.22. The third-order valence-electron chi connectivity index (χ3n) is 3.00. The van der Waals surface area contributed by atoms with Crippen LogP contribution in [0.5, 0.6) is 11.6 Å². The number of nitrogens with zero attached hydrogens (tertiary/aromatic N) is 2. The van der Waals surface area contributed by atoms with Gasteiger partial charge in [0.05, 0.1) is 0 Å². The smallest absolute Gasteiger partial charge is 0.313 e. The van der Waals surface area contributed by atoms with Crippen LogP contribution in [0.25, 0.3) is 0 Å². The van der Waals surface area contributed by atoms with Crippen LogP contribution in [0, 0.1) is 5.92 Å². The molecule has 21 heavy (non-hydrogen) atoms. The number of hydrogen-bond acceptors (Lipinski definition) is 4. The van der Waals surface area contributed by atoms with Gasteiger partial charge in [-0.05, 0) is 24.0 Å². The van der Waals surface area contributed by atoms with E-state index in [0.29, 0.717) is 24.6 Å². The number of hydrogen-bond donors (Lipinski definition) is 1. The van der Waals surface area contributed by atoms with E-state index in [0.717, 1.165) is 5.56 Å². The third-order valence-corrected chi connectivity index (χ3v) is 3.00. The second-order valence-corrected chi connectivity index (χ2v) is 5.27. The van der Waals surface area contributed by atoms with Crippen LogP contribution < -0.4 is 10.3 Å². The molecule has 0 fully saturated rings. The maximum atomic E-state index is 12.3. The molecule has 1 heterocycles. The molecule has 1 N–H and O–H groups in total. The Hall–Kier alpha value is -2.14. The summed E-state index contributed by atoms with van der Waals surface area (Å²) in [5, 5.41) is 9.07. The van der Waals surface area contributed by atoms with Gasteiger partial charge in [-0.15, -0.1) is 0 Å². The van der Waals surface area contributed by atoms with E-state index in [9.17, 15) is 4.79 Å². The van der Waals surface area contributed by atoms with Gasteiger partial charge in [-0.25, -0.2) is 4.98 Å². The highest BCUT2D eigenvalue weighted by atomic mass is 16.5. The van der Waals surface area contributed by atoms with Crippen molar-refractivity contribution in [3.8, 4) is 11.6 Å². The largest absolute Gasteiger partial charge is 0.434 e. The average Bonchev–Trinajstić information content (AvgIpc) is 2.45. The summed E-state index contributed by atoms with van der Waals surface area (Å²) in [6, 6.07) is 7.33. The zero-order valence-corrected chi connectivity index (χ0v) is 12.3. The normalized spacial score (nSPS) is 10.9. The third kappa shape index (κ3) is 3.92. The van der Waals surface area contributed by atoms with Crippen molar-refractivity contribution >= 4 is 0 Å². The minimum atomic E-state index is -0.245. The summed E-state index contributed by atoms with van der Waals surface area (Å²) in [6.07, 6.45) is 3.70. The summed E-state index contributed by atoms with van der Waals surface area (Å²) in [5.74, 6) is 0.974. The van der Waals surface area contributed by atoms with Crippen LogP contribution in [0.3, 0.4) is 0 Å². The number of para-hydroxylation sites is 1. The van der Waals surface area contributed by atoms with Crippen molar-refractivity contribution in [1.82, 2.24) is 9.55 Å². The van der Waals surface area contributed by atoms with Gasteiger partial charge in [0.2, 0.25) is 0 Å². The Morgan fingerprint density at radius 1 is 1.33 bits per heavy atom. The van der Waals surface area contributed by atoms with Gasteiger partial charge < -0.3 is 14.4 Å². The Bertz CT molecular complexity index is 650. The molecular formula is C16H20N2O3. The molecule has 0 aliphatic heterocycles. The van der Waals surface area contributed by atoms with Gasteiger partial charge in [-0.1, -0.05) is 32.0 Å². The Balaban J connectivity index is 2.30. The van der Waals surface area contributed by atoms with Crippen molar-refractivity contribution in [3.05, 3.63) is 52.6 Å². The summed E-state index contributed by atoms with van der Waals surface area (Å²) in [5.41, 5.74) is 0.602. The molecule has 5 nitrogen and oxygen atoms in total. The predicted octanol–water partition coefficient (Wildman–Crippen LogP) is 2.23. The van der Waals surface area contributed by atoms with Crippen LogP contribution in [0.4, 0.5) is 0 Å². The molecule has 0 aliphatic carbocycles. The average molecular weight is 288 g/mol. The van der Waals surface area contributed by atoms with Crippen LogP contribution in [-0.2, 0) is 13.0 Å². The number of ether oxygens (including phenoxy) is 1. The summed E-state index contributed by atoms with van der Waals surface area (Å²) >= 11 is 0. The van der Waals surface area contributed by atoms with Gasteiger partial charge >= 0.3 is 5.56 Å². The van der Waals surface area contributed by atoms with Crippen molar-refractivity contribution in [3.63, 3.8) is 0 Å². The van der Waals surface area contributed by atoms with Crippen molar-refractivity contribution < 1.29 is 9.84 Å². The molecule has 0 saturated heterocycles. The predicted molar refractivity (Wildman–Crippen MR) is 80.6 cm³/mol. The maximum absolute atomic E-state index is 12.3. The van der Waals surface area contributed by atoms with Crippen LogP contribution in [0.2, 0.25) is 0 Å². The van der Waals surface area contributed by atoms with E-state index in [1.165, 1.54) is 0 Å². The van der Waals surface area contributed by atoms with Crippen LogP contribution >= 0.6 is 0 Å². The number of aliphatic hydroxyl groups is 1. The SMILES string of the molecule is CC(C)Cn1ccnc(Oc2ccccc2CCO)c1=O. The van der Waals surface area contributed by atoms with Crippen LogP contribution in [-0.4, -0.2) is 21.3 Å². The van der Waals surface area contributed by atoms with E-state index in [1.54, 1.807) is 23.0 Å². The Kier molecular flexibility index (Phi) is 5.11. The molecule has 1 aromatic heterocycles. The first-order valence-electron chi connectivity index (χ1n) is 7.04. The first-order valence-corrected chi connectivity index (χ1v) is 7.04. The lowest BCUT2D eigenvalue weighted by atomic mass is 10.1. The first kappa shape index (κ1) is 15.3. The van der Waals surface area contributed by atoms with Crippen LogP contribution in [0.1, 0.15) is 19.4 Å². The summed E-state index contributed by atoms with van der Waals surface area (Å²) in [7, 11) is 0. The minimum Gasteiger partial charge on any atom is -0.434 e. The molecule has 0 amide bonds. The lowest BCUT2D eigenvalue weighted by molar-refractivity contribution is 0.297. The first-order chi connectivity index (χ1) is 10.1. The highest BCUT2D eigenvalue weighted by molar-refractivity contribution is 5.35. The molecule has 2 aromatic rings.